The Balaban J connectivity index is 1.98. The Labute approximate surface area is 121 Å². The van der Waals surface area contributed by atoms with Crippen LogP contribution in [0.2, 0.25) is 0 Å². The van der Waals surface area contributed by atoms with Crippen molar-refractivity contribution in [3.8, 4) is 0 Å². The van der Waals surface area contributed by atoms with E-state index < -0.39 is 21.8 Å². The third-order valence-corrected chi connectivity index (χ3v) is 4.41. The fraction of sp³-hybridized carbons (Fsp3) is 0.417. The van der Waals surface area contributed by atoms with Crippen LogP contribution in [0.1, 0.15) is 5.56 Å². The van der Waals surface area contributed by atoms with Crippen molar-refractivity contribution in [3.63, 3.8) is 0 Å². The summed E-state index contributed by atoms with van der Waals surface area (Å²) in [6.07, 6.45) is -0.265. The highest BCUT2D eigenvalue weighted by Gasteiger charge is 2.26. The number of nitrogens with two attached hydrogens (primary N) is 1. The number of benzene rings is 1. The van der Waals surface area contributed by atoms with Crippen LogP contribution in [0.25, 0.3) is 0 Å². The molecule has 1 amide bonds. The van der Waals surface area contributed by atoms with Gasteiger partial charge in [0, 0.05) is 31.7 Å². The molecular formula is C12H15F2N3O3S. The quantitative estimate of drug-likeness (QED) is 0.841. The van der Waals surface area contributed by atoms with Gasteiger partial charge in [0.05, 0.1) is 6.42 Å². The van der Waals surface area contributed by atoms with Gasteiger partial charge in [-0.25, -0.2) is 13.9 Å². The number of carbonyl (C=O) groups excluding carboxylic acids is 1. The van der Waals surface area contributed by atoms with E-state index in [2.05, 4.69) is 0 Å². The van der Waals surface area contributed by atoms with Crippen molar-refractivity contribution >= 4 is 16.1 Å². The Morgan fingerprint density at radius 2 is 1.81 bits per heavy atom. The van der Waals surface area contributed by atoms with Crippen LogP contribution < -0.4 is 5.14 Å². The smallest absolute Gasteiger partial charge is 0.277 e. The topological polar surface area (TPSA) is 83.7 Å². The molecular weight excluding hydrogens is 304 g/mol. The molecule has 21 heavy (non-hydrogen) atoms. The monoisotopic (exact) mass is 319 g/mol. The summed E-state index contributed by atoms with van der Waals surface area (Å²) in [6.45, 7) is 0.533. The van der Waals surface area contributed by atoms with Gasteiger partial charge in [0.15, 0.2) is 11.6 Å². The van der Waals surface area contributed by atoms with Crippen LogP contribution in [0.3, 0.4) is 0 Å². The summed E-state index contributed by atoms with van der Waals surface area (Å²) in [5.74, 6) is -2.41. The molecule has 116 valence electrons. The molecule has 0 radical (unpaired) electrons. The first-order valence-electron chi connectivity index (χ1n) is 6.27. The largest absolute Gasteiger partial charge is 0.340 e. The molecule has 1 heterocycles. The maximum atomic E-state index is 13.5. The standard InChI is InChI=1S/C12H15F2N3O3S/c13-10-3-1-2-9(12(10)14)8-11(18)16-4-6-17(7-5-16)21(15,19)20/h1-3H,4-8H2,(H2,15,19,20). The van der Waals surface area contributed by atoms with Crippen LogP contribution in [-0.4, -0.2) is 49.7 Å². The molecule has 1 aromatic carbocycles. The van der Waals surface area contributed by atoms with E-state index in [4.69, 9.17) is 5.14 Å². The van der Waals surface area contributed by atoms with E-state index in [0.29, 0.717) is 0 Å². The molecule has 1 aromatic rings. The summed E-state index contributed by atoms with van der Waals surface area (Å²) in [5.41, 5.74) is -0.0196. The Kier molecular flexibility index (Phi) is 4.55. The lowest BCUT2D eigenvalue weighted by atomic mass is 10.1. The summed E-state index contributed by atoms with van der Waals surface area (Å²) in [7, 11) is -3.76. The van der Waals surface area contributed by atoms with Crippen LogP contribution in [-0.2, 0) is 21.4 Å². The lowest BCUT2D eigenvalue weighted by Crippen LogP contribution is -2.52. The van der Waals surface area contributed by atoms with Crippen molar-refractivity contribution in [2.75, 3.05) is 26.2 Å². The molecule has 0 unspecified atom stereocenters. The maximum Gasteiger partial charge on any atom is 0.277 e. The van der Waals surface area contributed by atoms with E-state index in [0.717, 1.165) is 10.4 Å². The fourth-order valence-corrected chi connectivity index (χ4v) is 2.82. The zero-order chi connectivity index (χ0) is 15.6. The first-order chi connectivity index (χ1) is 9.79. The first kappa shape index (κ1) is 15.8. The predicted octanol–water partition coefficient (Wildman–Crippen LogP) is -0.145. The van der Waals surface area contributed by atoms with Gasteiger partial charge in [0.2, 0.25) is 5.91 Å². The number of halogens is 2. The maximum absolute atomic E-state index is 13.5. The van der Waals surface area contributed by atoms with Crippen molar-refractivity contribution < 1.29 is 22.0 Å². The molecule has 2 rings (SSSR count). The molecule has 0 bridgehead atoms. The fourth-order valence-electron chi connectivity index (χ4n) is 2.15. The molecule has 0 atom stereocenters. The van der Waals surface area contributed by atoms with Gasteiger partial charge in [-0.15, -0.1) is 0 Å². The predicted molar refractivity (Wildman–Crippen MR) is 71.3 cm³/mol. The summed E-state index contributed by atoms with van der Waals surface area (Å²) in [5, 5.41) is 5.00. The van der Waals surface area contributed by atoms with Crippen molar-refractivity contribution in [2.24, 2.45) is 5.14 Å². The van der Waals surface area contributed by atoms with Crippen molar-refractivity contribution in [2.45, 2.75) is 6.42 Å². The van der Waals surface area contributed by atoms with E-state index >= 15 is 0 Å². The van der Waals surface area contributed by atoms with Crippen molar-refractivity contribution in [3.05, 3.63) is 35.4 Å². The molecule has 0 aliphatic carbocycles. The van der Waals surface area contributed by atoms with Crippen LogP contribution >= 0.6 is 0 Å². The van der Waals surface area contributed by atoms with Gasteiger partial charge in [-0.05, 0) is 6.07 Å². The highest BCUT2D eigenvalue weighted by Crippen LogP contribution is 2.14. The minimum Gasteiger partial charge on any atom is -0.340 e. The molecule has 0 spiro atoms. The molecule has 1 saturated heterocycles. The minimum atomic E-state index is -3.76. The van der Waals surface area contributed by atoms with Gasteiger partial charge < -0.3 is 4.90 Å². The molecule has 0 saturated carbocycles. The molecule has 1 aliphatic rings. The molecule has 6 nitrogen and oxygen atoms in total. The lowest BCUT2D eigenvalue weighted by molar-refractivity contribution is -0.131. The third kappa shape index (κ3) is 3.74. The summed E-state index contributed by atoms with van der Waals surface area (Å²) < 4.78 is 49.9. The van der Waals surface area contributed by atoms with Gasteiger partial charge in [-0.2, -0.15) is 12.7 Å². The Hall–Kier alpha value is -1.58. The molecule has 1 aliphatic heterocycles. The second kappa shape index (κ2) is 6.04. The molecule has 2 N–H and O–H groups in total. The number of piperazine rings is 1. The highest BCUT2D eigenvalue weighted by molar-refractivity contribution is 7.86. The van der Waals surface area contributed by atoms with E-state index in [1.807, 2.05) is 0 Å². The summed E-state index contributed by atoms with van der Waals surface area (Å²) in [6, 6.07) is 3.66. The normalized spacial score (nSPS) is 17.0. The second-order valence-electron chi connectivity index (χ2n) is 4.71. The second-order valence-corrected chi connectivity index (χ2v) is 6.26. The van der Waals surface area contributed by atoms with Crippen LogP contribution in [0, 0.1) is 11.6 Å². The van der Waals surface area contributed by atoms with Crippen LogP contribution in [0.4, 0.5) is 8.78 Å². The van der Waals surface area contributed by atoms with Gasteiger partial charge >= 0.3 is 0 Å². The van der Waals surface area contributed by atoms with E-state index in [1.54, 1.807) is 0 Å². The van der Waals surface area contributed by atoms with Crippen LogP contribution in [0.5, 0.6) is 0 Å². The summed E-state index contributed by atoms with van der Waals surface area (Å²) in [4.78, 5) is 13.4. The first-order valence-corrected chi connectivity index (χ1v) is 7.78. The Morgan fingerprint density at radius 3 is 2.38 bits per heavy atom. The number of rotatable bonds is 3. The molecule has 0 aromatic heterocycles. The van der Waals surface area contributed by atoms with Gasteiger partial charge in [-0.1, -0.05) is 12.1 Å². The highest BCUT2D eigenvalue weighted by atomic mass is 32.2. The number of hydrogen-bond acceptors (Lipinski definition) is 3. The van der Waals surface area contributed by atoms with Gasteiger partial charge in [0.1, 0.15) is 0 Å². The van der Waals surface area contributed by atoms with E-state index in [1.165, 1.54) is 17.0 Å². The Morgan fingerprint density at radius 1 is 1.19 bits per heavy atom. The van der Waals surface area contributed by atoms with Crippen molar-refractivity contribution in [1.82, 2.24) is 9.21 Å². The number of hydrogen-bond donors (Lipinski definition) is 1. The third-order valence-electron chi connectivity index (χ3n) is 3.32. The average molecular weight is 319 g/mol. The minimum absolute atomic E-state index is 0.0196. The average Bonchev–Trinajstić information content (AvgIpc) is 2.43. The zero-order valence-electron chi connectivity index (χ0n) is 11.1. The lowest BCUT2D eigenvalue weighted by Gasteiger charge is -2.33. The van der Waals surface area contributed by atoms with Crippen molar-refractivity contribution in [1.29, 1.82) is 0 Å². The van der Waals surface area contributed by atoms with Crippen LogP contribution in [0.15, 0.2) is 18.2 Å². The number of nitrogens with zero attached hydrogens (tertiary/aromatic N) is 2. The summed E-state index contributed by atoms with van der Waals surface area (Å²) >= 11 is 0. The zero-order valence-corrected chi connectivity index (χ0v) is 11.9. The Bertz CT molecular complexity index is 643. The number of carbonyl (C=O) groups is 1. The van der Waals surface area contributed by atoms with Gasteiger partial charge in [0.25, 0.3) is 10.2 Å². The molecule has 9 heteroatoms. The molecule has 1 fully saturated rings. The van der Waals surface area contributed by atoms with E-state index in [9.17, 15) is 22.0 Å². The SMILES string of the molecule is NS(=O)(=O)N1CCN(C(=O)Cc2cccc(F)c2F)CC1. The van der Waals surface area contributed by atoms with Gasteiger partial charge in [-0.3, -0.25) is 4.79 Å². The van der Waals surface area contributed by atoms with E-state index in [-0.39, 0.29) is 44.1 Å². The number of amides is 1.